The Hall–Kier alpha value is -2.93. The van der Waals surface area contributed by atoms with Gasteiger partial charge in [0.1, 0.15) is 11.7 Å². The number of amides is 2. The topological polar surface area (TPSA) is 109 Å². The smallest absolute Gasteiger partial charge is 0.408 e. The number of carbonyl (C=O) groups is 3. The Balaban J connectivity index is 1.89. The van der Waals surface area contributed by atoms with Gasteiger partial charge in [0, 0.05) is 17.9 Å². The molecule has 3 rings (SSSR count). The van der Waals surface area contributed by atoms with Crippen LogP contribution in [0.25, 0.3) is 0 Å². The summed E-state index contributed by atoms with van der Waals surface area (Å²) >= 11 is 1.32. The second-order valence-corrected chi connectivity index (χ2v) is 11.7. The molecule has 1 saturated carbocycles. The monoisotopic (exact) mass is 583 g/mol. The van der Waals surface area contributed by atoms with Gasteiger partial charge < -0.3 is 19.5 Å². The molecule has 1 fully saturated rings. The molecule has 0 spiro atoms. The molecule has 0 bridgehead atoms. The lowest BCUT2D eigenvalue weighted by Crippen LogP contribution is -2.65. The van der Waals surface area contributed by atoms with Crippen molar-refractivity contribution in [1.82, 2.24) is 25.3 Å². The molecule has 40 heavy (non-hydrogen) atoms. The summed E-state index contributed by atoms with van der Waals surface area (Å²) in [5.74, 6) is -0.695. The zero-order valence-electron chi connectivity index (χ0n) is 23.2. The molecule has 1 aliphatic rings. The van der Waals surface area contributed by atoms with Gasteiger partial charge in [-0.15, -0.1) is 10.2 Å². The summed E-state index contributed by atoms with van der Waals surface area (Å²) in [4.78, 5) is 43.0. The van der Waals surface area contributed by atoms with Crippen molar-refractivity contribution in [3.63, 3.8) is 0 Å². The maximum absolute atomic E-state index is 13.7. The molecule has 2 amide bonds. The number of halogens is 3. The molecule has 13 heteroatoms. The van der Waals surface area contributed by atoms with Crippen molar-refractivity contribution in [1.29, 1.82) is 0 Å². The van der Waals surface area contributed by atoms with Crippen LogP contribution in [0, 0.1) is 5.92 Å². The van der Waals surface area contributed by atoms with E-state index in [9.17, 15) is 27.6 Å². The number of benzene rings is 1. The van der Waals surface area contributed by atoms with Crippen LogP contribution < -0.4 is 5.32 Å². The van der Waals surface area contributed by atoms with Crippen LogP contribution in [0.2, 0.25) is 0 Å². The molecule has 0 aliphatic heterocycles. The zero-order chi connectivity index (χ0) is 29.5. The SMILES string of the molecule is CC(C)CC(C(=O)c1nnc(SCCN(C)C)o1)N(C=O)C1(NC(=O)c2ccc(C(F)(F)F)cc2)CCCCC1. The van der Waals surface area contributed by atoms with Crippen LogP contribution in [-0.4, -0.2) is 76.2 Å². The fourth-order valence-corrected chi connectivity index (χ4v) is 5.64. The first-order valence-electron chi connectivity index (χ1n) is 13.2. The number of hydrogen-bond acceptors (Lipinski definition) is 8. The van der Waals surface area contributed by atoms with Crippen molar-refractivity contribution in [2.24, 2.45) is 5.92 Å². The predicted octanol–water partition coefficient (Wildman–Crippen LogP) is 4.89. The number of nitrogens with zero attached hydrogens (tertiary/aromatic N) is 4. The average Bonchev–Trinajstić information content (AvgIpc) is 3.36. The number of carbonyl (C=O) groups excluding carboxylic acids is 3. The highest BCUT2D eigenvalue weighted by atomic mass is 32.2. The minimum Gasteiger partial charge on any atom is -0.408 e. The first kappa shape index (κ1) is 31.6. The standard InChI is InChI=1S/C27H36F3N5O4S/c1-18(2)16-21(22(37)24-32-33-25(39-24)40-15-14-34(3)4)35(17-36)26(12-6-5-7-13-26)31-23(38)19-8-10-20(11-9-19)27(28,29)30/h8-11,17-18,21H,5-7,12-16H2,1-4H3,(H,31,38). The molecule has 1 heterocycles. The Morgan fingerprint density at radius 1 is 1.12 bits per heavy atom. The normalized spacial score (nSPS) is 16.1. The molecule has 0 radical (unpaired) electrons. The van der Waals surface area contributed by atoms with Gasteiger partial charge in [-0.25, -0.2) is 0 Å². The number of thioether (sulfide) groups is 1. The van der Waals surface area contributed by atoms with Crippen LogP contribution >= 0.6 is 11.8 Å². The van der Waals surface area contributed by atoms with E-state index in [1.165, 1.54) is 16.7 Å². The van der Waals surface area contributed by atoms with E-state index >= 15 is 0 Å². The summed E-state index contributed by atoms with van der Waals surface area (Å²) in [6.07, 6.45) is -0.665. The fourth-order valence-electron chi connectivity index (χ4n) is 4.77. The predicted molar refractivity (Wildman–Crippen MR) is 144 cm³/mol. The third kappa shape index (κ3) is 8.06. The zero-order valence-corrected chi connectivity index (χ0v) is 24.0. The molecule has 1 aromatic carbocycles. The van der Waals surface area contributed by atoms with Crippen LogP contribution in [0.4, 0.5) is 13.2 Å². The van der Waals surface area contributed by atoms with Gasteiger partial charge in [-0.05, 0) is 76.4 Å². The molecule has 1 aliphatic carbocycles. The first-order chi connectivity index (χ1) is 18.9. The van der Waals surface area contributed by atoms with E-state index in [4.69, 9.17) is 4.42 Å². The molecule has 1 unspecified atom stereocenters. The Morgan fingerprint density at radius 3 is 2.33 bits per heavy atom. The third-order valence-corrected chi connectivity index (χ3v) is 7.62. The van der Waals surface area contributed by atoms with Gasteiger partial charge in [0.05, 0.1) is 5.56 Å². The summed E-state index contributed by atoms with van der Waals surface area (Å²) in [7, 11) is 3.87. The largest absolute Gasteiger partial charge is 0.416 e. The highest BCUT2D eigenvalue weighted by Crippen LogP contribution is 2.35. The van der Waals surface area contributed by atoms with Crippen molar-refractivity contribution in [3.8, 4) is 0 Å². The number of nitrogens with one attached hydrogen (secondary N) is 1. The first-order valence-corrected chi connectivity index (χ1v) is 14.2. The molecule has 1 atom stereocenters. The van der Waals surface area contributed by atoms with Crippen molar-refractivity contribution >= 4 is 29.9 Å². The quantitative estimate of drug-likeness (QED) is 0.154. The van der Waals surface area contributed by atoms with Gasteiger partial charge >= 0.3 is 6.18 Å². The second kappa shape index (κ2) is 13.6. The highest BCUT2D eigenvalue weighted by molar-refractivity contribution is 7.99. The Morgan fingerprint density at radius 2 is 1.77 bits per heavy atom. The van der Waals surface area contributed by atoms with E-state index in [0.717, 1.165) is 37.2 Å². The maximum atomic E-state index is 13.7. The van der Waals surface area contributed by atoms with Crippen LogP contribution in [0.15, 0.2) is 33.9 Å². The van der Waals surface area contributed by atoms with Gasteiger partial charge in [-0.2, -0.15) is 13.2 Å². The summed E-state index contributed by atoms with van der Waals surface area (Å²) < 4.78 is 44.7. The molecule has 0 saturated heterocycles. The lowest BCUT2D eigenvalue weighted by molar-refractivity contribution is -0.137. The molecule has 1 aromatic heterocycles. The molecular formula is C27H36F3N5O4S. The van der Waals surface area contributed by atoms with Crippen LogP contribution in [-0.2, 0) is 11.0 Å². The van der Waals surface area contributed by atoms with Crippen molar-refractivity contribution in [2.45, 2.75) is 75.5 Å². The van der Waals surface area contributed by atoms with E-state index in [1.807, 2.05) is 32.8 Å². The second-order valence-electron chi connectivity index (χ2n) is 10.7. The highest BCUT2D eigenvalue weighted by Gasteiger charge is 2.45. The number of aromatic nitrogens is 2. The van der Waals surface area contributed by atoms with Crippen LogP contribution in [0.3, 0.4) is 0 Å². The van der Waals surface area contributed by atoms with E-state index in [1.54, 1.807) is 0 Å². The summed E-state index contributed by atoms with van der Waals surface area (Å²) in [5, 5.41) is 11.1. The third-order valence-electron chi connectivity index (χ3n) is 6.82. The summed E-state index contributed by atoms with van der Waals surface area (Å²) in [6.45, 7) is 4.59. The lowest BCUT2D eigenvalue weighted by Gasteiger charge is -2.48. The van der Waals surface area contributed by atoms with Crippen molar-refractivity contribution < 1.29 is 32.0 Å². The van der Waals surface area contributed by atoms with Crippen LogP contribution in [0.1, 0.15) is 79.0 Å². The Labute approximate surface area is 236 Å². The molecule has 2 aromatic rings. The van der Waals surface area contributed by atoms with Gasteiger partial charge in [-0.3, -0.25) is 14.4 Å². The molecular weight excluding hydrogens is 547 g/mol. The van der Waals surface area contributed by atoms with Crippen LogP contribution in [0.5, 0.6) is 0 Å². The number of Topliss-reactive ketones (excluding diaryl/α,β-unsaturated/α-hetero) is 1. The van der Waals surface area contributed by atoms with Crippen molar-refractivity contribution in [2.75, 3.05) is 26.4 Å². The minimum absolute atomic E-state index is 0.000451. The van der Waals surface area contributed by atoms with E-state index in [0.29, 0.717) is 37.8 Å². The number of hydrogen-bond donors (Lipinski definition) is 1. The summed E-state index contributed by atoms with van der Waals surface area (Å²) in [6, 6.07) is 2.89. The maximum Gasteiger partial charge on any atom is 0.416 e. The molecule has 1 N–H and O–H groups in total. The fraction of sp³-hybridized carbons (Fsp3) is 0.593. The van der Waals surface area contributed by atoms with Gasteiger partial charge in [0.25, 0.3) is 17.0 Å². The Bertz CT molecular complexity index is 1150. The van der Waals surface area contributed by atoms with E-state index in [-0.39, 0.29) is 29.0 Å². The number of rotatable bonds is 13. The number of ketones is 1. The lowest BCUT2D eigenvalue weighted by atomic mass is 9.84. The number of alkyl halides is 3. The summed E-state index contributed by atoms with van der Waals surface area (Å²) in [5.41, 5.74) is -2.06. The Kier molecular flexibility index (Phi) is 10.8. The molecule has 9 nitrogen and oxygen atoms in total. The minimum atomic E-state index is -4.53. The van der Waals surface area contributed by atoms with E-state index < -0.39 is 35.1 Å². The molecule has 220 valence electrons. The van der Waals surface area contributed by atoms with Gasteiger partial charge in [0.15, 0.2) is 0 Å². The average molecular weight is 584 g/mol. The van der Waals surface area contributed by atoms with E-state index in [2.05, 4.69) is 15.5 Å². The van der Waals surface area contributed by atoms with Crippen molar-refractivity contribution in [3.05, 3.63) is 41.3 Å². The van der Waals surface area contributed by atoms with Gasteiger partial charge in [-0.1, -0.05) is 32.0 Å². The van der Waals surface area contributed by atoms with Gasteiger partial charge in [0.2, 0.25) is 12.2 Å².